The first-order valence-corrected chi connectivity index (χ1v) is 9.95. The Kier molecular flexibility index (Phi) is 9.61. The average molecular weight is 487 g/mol. The van der Waals surface area contributed by atoms with Crippen molar-refractivity contribution < 1.29 is 4.74 Å². The van der Waals surface area contributed by atoms with Crippen molar-refractivity contribution in [3.63, 3.8) is 0 Å². The normalized spacial score (nSPS) is 18.3. The quantitative estimate of drug-likeness (QED) is 0.380. The Balaban J connectivity index is 0.00000261. The summed E-state index contributed by atoms with van der Waals surface area (Å²) in [5, 5.41) is 3.46. The predicted octanol–water partition coefficient (Wildman–Crippen LogP) is 3.12. The predicted molar refractivity (Wildman–Crippen MR) is 122 cm³/mol. The van der Waals surface area contributed by atoms with Crippen LogP contribution in [0.15, 0.2) is 23.3 Å². The third-order valence-corrected chi connectivity index (χ3v) is 5.48. The van der Waals surface area contributed by atoms with E-state index in [4.69, 9.17) is 4.74 Å². The maximum absolute atomic E-state index is 5.44. The van der Waals surface area contributed by atoms with Gasteiger partial charge in [0.15, 0.2) is 5.96 Å². The Hall–Kier alpha value is -1.09. The molecule has 0 radical (unpaired) electrons. The average Bonchev–Trinajstić information content (AvgIpc) is 3.23. The third kappa shape index (κ3) is 6.78. The van der Waals surface area contributed by atoms with Gasteiger partial charge in [0, 0.05) is 59.7 Å². The lowest BCUT2D eigenvalue weighted by molar-refractivity contribution is 0.0625. The number of aromatic nitrogens is 1. The summed E-state index contributed by atoms with van der Waals surface area (Å²) in [7, 11) is 3.96. The zero-order valence-corrected chi connectivity index (χ0v) is 19.0. The van der Waals surface area contributed by atoms with Gasteiger partial charge >= 0.3 is 0 Å². The molecule has 0 bridgehead atoms. The van der Waals surface area contributed by atoms with Crippen LogP contribution in [-0.2, 0) is 11.3 Å². The Morgan fingerprint density at radius 2 is 2.04 bits per heavy atom. The molecule has 152 valence electrons. The lowest BCUT2D eigenvalue weighted by Crippen LogP contribution is -2.39. The van der Waals surface area contributed by atoms with Crippen molar-refractivity contribution in [2.24, 2.45) is 10.9 Å². The molecule has 0 aliphatic carbocycles. The first kappa shape index (κ1) is 22.2. The molecule has 1 aromatic heterocycles. The van der Waals surface area contributed by atoms with E-state index in [-0.39, 0.29) is 24.0 Å². The van der Waals surface area contributed by atoms with Gasteiger partial charge in [-0.05, 0) is 49.7 Å². The number of guanidine groups is 1. The molecule has 2 aliphatic heterocycles. The summed E-state index contributed by atoms with van der Waals surface area (Å²) in [6.45, 7) is 5.88. The number of aliphatic imine (C=N–C) groups is 1. The van der Waals surface area contributed by atoms with Crippen LogP contribution in [-0.4, -0.2) is 62.8 Å². The van der Waals surface area contributed by atoms with Gasteiger partial charge in [0.05, 0.1) is 0 Å². The molecular formula is C20H34IN5O. The number of hydrogen-bond donors (Lipinski definition) is 1. The van der Waals surface area contributed by atoms with Gasteiger partial charge in [0.1, 0.15) is 5.82 Å². The van der Waals surface area contributed by atoms with Crippen molar-refractivity contribution in [1.82, 2.24) is 15.2 Å². The Bertz CT molecular complexity index is 568. The minimum atomic E-state index is 0. The number of hydrogen-bond acceptors (Lipinski definition) is 4. The highest BCUT2D eigenvalue weighted by Gasteiger charge is 2.16. The van der Waals surface area contributed by atoms with E-state index in [0.29, 0.717) is 0 Å². The molecule has 0 aromatic carbocycles. The van der Waals surface area contributed by atoms with Crippen LogP contribution in [0.4, 0.5) is 5.82 Å². The molecule has 27 heavy (non-hydrogen) atoms. The first-order valence-electron chi connectivity index (χ1n) is 9.95. The van der Waals surface area contributed by atoms with Crippen molar-refractivity contribution in [2.75, 3.05) is 51.8 Å². The minimum absolute atomic E-state index is 0. The summed E-state index contributed by atoms with van der Waals surface area (Å²) in [6, 6.07) is 4.31. The molecule has 2 saturated heterocycles. The second-order valence-electron chi connectivity index (χ2n) is 7.39. The van der Waals surface area contributed by atoms with E-state index in [0.717, 1.165) is 57.1 Å². The largest absolute Gasteiger partial charge is 0.381 e. The highest BCUT2D eigenvalue weighted by Crippen LogP contribution is 2.19. The fourth-order valence-electron chi connectivity index (χ4n) is 3.74. The van der Waals surface area contributed by atoms with Gasteiger partial charge in [0.2, 0.25) is 0 Å². The molecule has 6 nitrogen and oxygen atoms in total. The molecule has 7 heteroatoms. The van der Waals surface area contributed by atoms with Gasteiger partial charge < -0.3 is 19.9 Å². The number of rotatable bonds is 6. The molecule has 3 heterocycles. The number of pyridine rings is 1. The van der Waals surface area contributed by atoms with Crippen LogP contribution in [0.25, 0.3) is 0 Å². The second-order valence-corrected chi connectivity index (χ2v) is 7.39. The van der Waals surface area contributed by atoms with E-state index < -0.39 is 0 Å². The van der Waals surface area contributed by atoms with E-state index in [1.807, 2.05) is 13.2 Å². The van der Waals surface area contributed by atoms with E-state index in [1.54, 1.807) is 0 Å². The van der Waals surface area contributed by atoms with Crippen LogP contribution >= 0.6 is 24.0 Å². The topological polar surface area (TPSA) is 53.0 Å². The van der Waals surface area contributed by atoms with Gasteiger partial charge in [-0.1, -0.05) is 6.07 Å². The molecule has 2 aliphatic rings. The van der Waals surface area contributed by atoms with Crippen molar-refractivity contribution in [3.05, 3.63) is 23.9 Å². The molecule has 0 atom stereocenters. The molecule has 1 aromatic rings. The lowest BCUT2D eigenvalue weighted by Gasteiger charge is -2.26. The summed E-state index contributed by atoms with van der Waals surface area (Å²) in [5.74, 6) is 2.83. The first-order chi connectivity index (χ1) is 12.8. The zero-order chi connectivity index (χ0) is 18.2. The van der Waals surface area contributed by atoms with Crippen LogP contribution in [0.3, 0.4) is 0 Å². The summed E-state index contributed by atoms with van der Waals surface area (Å²) in [6.07, 6.45) is 8.12. The maximum Gasteiger partial charge on any atom is 0.193 e. The maximum atomic E-state index is 5.44. The van der Waals surface area contributed by atoms with E-state index in [2.05, 4.69) is 44.3 Å². The van der Waals surface area contributed by atoms with Crippen molar-refractivity contribution in [3.8, 4) is 0 Å². The second kappa shape index (κ2) is 11.7. The van der Waals surface area contributed by atoms with Crippen LogP contribution in [0.1, 0.15) is 37.7 Å². The SMILES string of the molecule is CN=C(NCc1ccc(N2CCCC2)nc1)N(C)CCC1CCOCC1.I. The highest BCUT2D eigenvalue weighted by molar-refractivity contribution is 14.0. The van der Waals surface area contributed by atoms with Gasteiger partial charge in [-0.2, -0.15) is 0 Å². The molecule has 0 unspecified atom stereocenters. The van der Waals surface area contributed by atoms with E-state index >= 15 is 0 Å². The Labute approximate surface area is 180 Å². The third-order valence-electron chi connectivity index (χ3n) is 5.48. The Morgan fingerprint density at radius 3 is 2.67 bits per heavy atom. The monoisotopic (exact) mass is 487 g/mol. The van der Waals surface area contributed by atoms with Crippen LogP contribution in [0.5, 0.6) is 0 Å². The van der Waals surface area contributed by atoms with E-state index in [9.17, 15) is 0 Å². The molecule has 0 saturated carbocycles. The van der Waals surface area contributed by atoms with Crippen molar-refractivity contribution >= 4 is 35.8 Å². The van der Waals surface area contributed by atoms with E-state index in [1.165, 1.54) is 37.7 Å². The van der Waals surface area contributed by atoms with Crippen LogP contribution in [0.2, 0.25) is 0 Å². The molecule has 0 spiro atoms. The number of nitrogens with one attached hydrogen (secondary N) is 1. The minimum Gasteiger partial charge on any atom is -0.381 e. The summed E-state index contributed by atoms with van der Waals surface area (Å²) >= 11 is 0. The number of halogens is 1. The molecule has 0 amide bonds. The fourth-order valence-corrected chi connectivity index (χ4v) is 3.74. The standard InChI is InChI=1S/C20H33N5O.HI/c1-21-20(24(2)12-7-17-8-13-26-14-9-17)23-16-18-5-6-19(22-15-18)25-10-3-4-11-25;/h5-6,15,17H,3-4,7-14,16H2,1-2H3,(H,21,23);1H. The number of ether oxygens (including phenoxy) is 1. The van der Waals surface area contributed by atoms with Crippen LogP contribution in [0, 0.1) is 5.92 Å². The Morgan fingerprint density at radius 1 is 1.30 bits per heavy atom. The number of anilines is 1. The van der Waals surface area contributed by atoms with Crippen molar-refractivity contribution in [1.29, 1.82) is 0 Å². The lowest BCUT2D eigenvalue weighted by atomic mass is 9.96. The van der Waals surface area contributed by atoms with Crippen molar-refractivity contribution in [2.45, 2.75) is 38.6 Å². The van der Waals surface area contributed by atoms with Gasteiger partial charge in [-0.25, -0.2) is 4.98 Å². The molecule has 2 fully saturated rings. The van der Waals surface area contributed by atoms with Crippen LogP contribution < -0.4 is 10.2 Å². The molecule has 1 N–H and O–H groups in total. The zero-order valence-electron chi connectivity index (χ0n) is 16.7. The molecular weight excluding hydrogens is 453 g/mol. The summed E-state index contributed by atoms with van der Waals surface area (Å²) in [5.41, 5.74) is 1.19. The van der Waals surface area contributed by atoms with Gasteiger partial charge in [-0.3, -0.25) is 4.99 Å². The van der Waals surface area contributed by atoms with Gasteiger partial charge in [-0.15, -0.1) is 24.0 Å². The smallest absolute Gasteiger partial charge is 0.193 e. The van der Waals surface area contributed by atoms with Gasteiger partial charge in [0.25, 0.3) is 0 Å². The summed E-state index contributed by atoms with van der Waals surface area (Å²) in [4.78, 5) is 13.6. The number of nitrogens with zero attached hydrogens (tertiary/aromatic N) is 4. The summed E-state index contributed by atoms with van der Waals surface area (Å²) < 4.78 is 5.44. The molecule has 3 rings (SSSR count). The fraction of sp³-hybridized carbons (Fsp3) is 0.700. The highest BCUT2D eigenvalue weighted by atomic mass is 127.